The number of carbonyl (C=O) groups is 2. The molecule has 1 unspecified atom stereocenters. The molecule has 2 aliphatic heterocycles. The molecule has 0 saturated heterocycles. The molecule has 1 amide bonds. The average Bonchev–Trinajstić information content (AvgIpc) is 3.23. The molecule has 2 aromatic rings. The van der Waals surface area contributed by atoms with Gasteiger partial charge in [0.05, 0.1) is 16.0 Å². The Balaban J connectivity index is 1.83. The molecule has 0 spiro atoms. The Morgan fingerprint density at radius 3 is 2.52 bits per heavy atom. The highest BCUT2D eigenvalue weighted by Crippen LogP contribution is 2.45. The zero-order valence-electron chi connectivity index (χ0n) is 17.8. The van der Waals surface area contributed by atoms with Crippen LogP contribution in [0.25, 0.3) is 16.6 Å². The van der Waals surface area contributed by atoms with E-state index >= 15 is 0 Å². The largest absolute Gasteiger partial charge is 0.366 e. The summed E-state index contributed by atoms with van der Waals surface area (Å²) < 4.78 is 2.65. The average molecular weight is 458 g/mol. The van der Waals surface area contributed by atoms with Gasteiger partial charge in [-0.05, 0) is 41.9 Å². The van der Waals surface area contributed by atoms with Crippen LogP contribution in [0.3, 0.4) is 0 Å². The summed E-state index contributed by atoms with van der Waals surface area (Å²) in [5, 5.41) is 1.12. The van der Waals surface area contributed by atoms with Crippen molar-refractivity contribution >= 4 is 44.3 Å². The minimum atomic E-state index is -0.480. The third-order valence-corrected chi connectivity index (χ3v) is 6.84. The SMILES string of the molecule is CCN(CC)C(=O)C1C=C2c3cccc4c3c(c(Br)n4C(=O)C(C)(C)C)CN2C1. The topological polar surface area (TPSA) is 45.6 Å². The van der Waals surface area contributed by atoms with Gasteiger partial charge in [-0.15, -0.1) is 0 Å². The first-order chi connectivity index (χ1) is 13.7. The summed E-state index contributed by atoms with van der Waals surface area (Å²) in [4.78, 5) is 30.2. The van der Waals surface area contributed by atoms with E-state index in [0.29, 0.717) is 13.1 Å². The first-order valence-electron chi connectivity index (χ1n) is 10.3. The van der Waals surface area contributed by atoms with Crippen molar-refractivity contribution in [3.05, 3.63) is 40.0 Å². The van der Waals surface area contributed by atoms with E-state index in [9.17, 15) is 9.59 Å². The Labute approximate surface area is 180 Å². The van der Waals surface area contributed by atoms with Crippen molar-refractivity contribution in [2.24, 2.45) is 11.3 Å². The van der Waals surface area contributed by atoms with Gasteiger partial charge in [0.15, 0.2) is 0 Å². The molecule has 0 fully saturated rings. The third-order valence-electron chi connectivity index (χ3n) is 6.01. The van der Waals surface area contributed by atoms with E-state index in [4.69, 9.17) is 0 Å². The standard InChI is InChI=1S/C23H28BrN3O2/c1-6-25(7-2)21(28)14-11-18-15-9-8-10-17-19(15)16(13-26(18)12-14)20(24)27(17)22(29)23(3,4)5/h8-11,14H,6-7,12-13H2,1-5H3. The summed E-state index contributed by atoms with van der Waals surface area (Å²) in [6.07, 6.45) is 2.12. The van der Waals surface area contributed by atoms with Crippen LogP contribution in [0.2, 0.25) is 0 Å². The van der Waals surface area contributed by atoms with Crippen LogP contribution in [0.4, 0.5) is 0 Å². The van der Waals surface area contributed by atoms with Crippen LogP contribution in [-0.4, -0.2) is 45.8 Å². The number of amides is 1. The van der Waals surface area contributed by atoms with E-state index in [1.54, 1.807) is 0 Å². The number of hydrogen-bond acceptors (Lipinski definition) is 3. The van der Waals surface area contributed by atoms with Crippen molar-refractivity contribution < 1.29 is 9.59 Å². The summed E-state index contributed by atoms with van der Waals surface area (Å²) in [5.41, 5.74) is 3.80. The number of hydrogen-bond donors (Lipinski definition) is 0. The second-order valence-electron chi connectivity index (χ2n) is 8.91. The van der Waals surface area contributed by atoms with Gasteiger partial charge in [-0.25, -0.2) is 0 Å². The number of benzene rings is 1. The van der Waals surface area contributed by atoms with Gasteiger partial charge in [-0.2, -0.15) is 0 Å². The predicted octanol–water partition coefficient (Wildman–Crippen LogP) is 4.74. The molecule has 3 heterocycles. The Bertz CT molecular complexity index is 1040. The molecule has 0 saturated carbocycles. The van der Waals surface area contributed by atoms with Crippen LogP contribution in [0.15, 0.2) is 28.9 Å². The molecule has 4 rings (SSSR count). The van der Waals surface area contributed by atoms with E-state index < -0.39 is 5.41 Å². The molecule has 1 atom stereocenters. The first-order valence-corrected chi connectivity index (χ1v) is 11.1. The zero-order chi connectivity index (χ0) is 21.1. The van der Waals surface area contributed by atoms with Gasteiger partial charge in [-0.3, -0.25) is 14.2 Å². The maximum Gasteiger partial charge on any atom is 0.237 e. The number of halogens is 1. The molecule has 1 aromatic heterocycles. The van der Waals surface area contributed by atoms with Gasteiger partial charge < -0.3 is 9.80 Å². The molecule has 0 aliphatic carbocycles. The van der Waals surface area contributed by atoms with Crippen LogP contribution in [0, 0.1) is 11.3 Å². The second kappa shape index (κ2) is 7.01. The Hall–Kier alpha value is -2.08. The Kier molecular flexibility index (Phi) is 4.88. The maximum atomic E-state index is 13.1. The van der Waals surface area contributed by atoms with Crippen molar-refractivity contribution in [3.63, 3.8) is 0 Å². The number of nitrogens with zero attached hydrogens (tertiary/aromatic N) is 3. The molecule has 29 heavy (non-hydrogen) atoms. The number of rotatable bonds is 3. The summed E-state index contributed by atoms with van der Waals surface area (Å²) in [6.45, 7) is 12.7. The summed E-state index contributed by atoms with van der Waals surface area (Å²) >= 11 is 3.72. The van der Waals surface area contributed by atoms with E-state index in [1.807, 2.05) is 56.2 Å². The number of carbonyl (C=O) groups excluding carboxylic acids is 2. The van der Waals surface area contributed by atoms with Crippen LogP contribution >= 0.6 is 15.9 Å². The number of aromatic nitrogens is 1. The van der Waals surface area contributed by atoms with Crippen LogP contribution in [-0.2, 0) is 11.3 Å². The molecule has 2 aliphatic rings. The molecule has 1 aromatic carbocycles. The number of fused-ring (bicyclic) bond motifs is 2. The lowest BCUT2D eigenvalue weighted by Gasteiger charge is -2.28. The van der Waals surface area contributed by atoms with Gasteiger partial charge in [0.1, 0.15) is 0 Å². The minimum absolute atomic E-state index is 0.0726. The van der Waals surface area contributed by atoms with E-state index in [-0.39, 0.29) is 17.7 Å². The van der Waals surface area contributed by atoms with Gasteiger partial charge in [0, 0.05) is 53.8 Å². The summed E-state index contributed by atoms with van der Waals surface area (Å²) in [5.74, 6) is 0.149. The molecule has 0 radical (unpaired) electrons. The van der Waals surface area contributed by atoms with E-state index in [0.717, 1.165) is 45.4 Å². The van der Waals surface area contributed by atoms with E-state index in [2.05, 4.69) is 33.0 Å². The molecular formula is C23H28BrN3O2. The van der Waals surface area contributed by atoms with Crippen molar-refractivity contribution in [3.8, 4) is 0 Å². The molecule has 154 valence electrons. The normalized spacial score (nSPS) is 18.1. The lowest BCUT2D eigenvalue weighted by atomic mass is 9.95. The second-order valence-corrected chi connectivity index (χ2v) is 9.66. The quantitative estimate of drug-likeness (QED) is 0.667. The minimum Gasteiger partial charge on any atom is -0.366 e. The highest BCUT2D eigenvalue weighted by molar-refractivity contribution is 9.10. The van der Waals surface area contributed by atoms with Gasteiger partial charge in [0.2, 0.25) is 11.8 Å². The Morgan fingerprint density at radius 2 is 1.90 bits per heavy atom. The predicted molar refractivity (Wildman–Crippen MR) is 120 cm³/mol. The first kappa shape index (κ1) is 20.2. The smallest absolute Gasteiger partial charge is 0.237 e. The maximum absolute atomic E-state index is 13.1. The van der Waals surface area contributed by atoms with Crippen molar-refractivity contribution in [2.45, 2.75) is 41.2 Å². The van der Waals surface area contributed by atoms with Crippen LogP contribution in [0.1, 0.15) is 50.5 Å². The van der Waals surface area contributed by atoms with Crippen molar-refractivity contribution in [1.82, 2.24) is 14.4 Å². The van der Waals surface area contributed by atoms with Crippen molar-refractivity contribution in [1.29, 1.82) is 0 Å². The van der Waals surface area contributed by atoms with Gasteiger partial charge >= 0.3 is 0 Å². The van der Waals surface area contributed by atoms with Gasteiger partial charge in [0.25, 0.3) is 0 Å². The highest BCUT2D eigenvalue weighted by atomic mass is 79.9. The van der Waals surface area contributed by atoms with Gasteiger partial charge in [-0.1, -0.05) is 32.9 Å². The van der Waals surface area contributed by atoms with E-state index in [1.165, 1.54) is 0 Å². The fourth-order valence-electron chi connectivity index (χ4n) is 4.48. The lowest BCUT2D eigenvalue weighted by Crippen LogP contribution is -2.37. The molecule has 0 N–H and O–H groups in total. The molecule has 5 nitrogen and oxygen atoms in total. The lowest BCUT2D eigenvalue weighted by molar-refractivity contribution is -0.133. The zero-order valence-corrected chi connectivity index (χ0v) is 19.3. The molecule has 6 heteroatoms. The monoisotopic (exact) mass is 457 g/mol. The van der Waals surface area contributed by atoms with Crippen LogP contribution < -0.4 is 0 Å². The third kappa shape index (κ3) is 3.03. The highest BCUT2D eigenvalue weighted by Gasteiger charge is 2.37. The van der Waals surface area contributed by atoms with Crippen molar-refractivity contribution in [2.75, 3.05) is 19.6 Å². The fraction of sp³-hybridized carbons (Fsp3) is 0.478. The Morgan fingerprint density at radius 1 is 1.21 bits per heavy atom. The van der Waals surface area contributed by atoms with Crippen LogP contribution in [0.5, 0.6) is 0 Å². The molecular weight excluding hydrogens is 430 g/mol. The fourth-order valence-corrected chi connectivity index (χ4v) is 5.16. The summed E-state index contributed by atoms with van der Waals surface area (Å²) in [6, 6.07) is 6.12. The molecule has 0 bridgehead atoms. The summed E-state index contributed by atoms with van der Waals surface area (Å²) in [7, 11) is 0.